The molecule has 0 atom stereocenters. The molecule has 3 N–H and O–H groups in total. The molecule has 1 fully saturated rings. The minimum absolute atomic E-state index is 0.209. The van der Waals surface area contributed by atoms with Crippen LogP contribution in [0.5, 0.6) is 0 Å². The number of aromatic nitrogens is 4. The SMILES string of the molecule is Nc1ncc(-c2cnn([C@H]3CC[C@H](O)CC3)c2)c2cc(-c3cc(F)cc4cnsc34)oc12. The summed E-state index contributed by atoms with van der Waals surface area (Å²) in [6, 6.07) is 5.07. The highest BCUT2D eigenvalue weighted by molar-refractivity contribution is 7.13. The molecule has 7 nitrogen and oxygen atoms in total. The Bertz CT molecular complexity index is 1450. The number of pyridine rings is 1. The fraction of sp³-hybridized carbons (Fsp3) is 0.261. The lowest BCUT2D eigenvalue weighted by Crippen LogP contribution is -2.21. The lowest BCUT2D eigenvalue weighted by molar-refractivity contribution is 0.108. The first kappa shape index (κ1) is 19.4. The summed E-state index contributed by atoms with van der Waals surface area (Å²) in [6.45, 7) is 0. The zero-order valence-corrected chi connectivity index (χ0v) is 17.8. The Morgan fingerprint density at radius 1 is 1.09 bits per heavy atom. The van der Waals surface area contributed by atoms with Crippen LogP contribution in [0.3, 0.4) is 0 Å². The van der Waals surface area contributed by atoms with Gasteiger partial charge in [-0.05, 0) is 55.4 Å². The lowest BCUT2D eigenvalue weighted by atomic mass is 9.93. The number of nitrogens with two attached hydrogens (primary N) is 1. The zero-order chi connectivity index (χ0) is 21.8. The molecule has 1 aliphatic carbocycles. The van der Waals surface area contributed by atoms with Crippen LogP contribution in [0.1, 0.15) is 31.7 Å². The van der Waals surface area contributed by atoms with E-state index in [9.17, 15) is 9.50 Å². The van der Waals surface area contributed by atoms with Crippen molar-refractivity contribution in [3.63, 3.8) is 0 Å². The molecule has 0 spiro atoms. The summed E-state index contributed by atoms with van der Waals surface area (Å²) in [5, 5.41) is 15.9. The molecule has 162 valence electrons. The molecule has 0 bridgehead atoms. The van der Waals surface area contributed by atoms with E-state index in [1.54, 1.807) is 12.4 Å². The number of benzene rings is 1. The molecule has 6 rings (SSSR count). The Kier molecular flexibility index (Phi) is 4.48. The van der Waals surface area contributed by atoms with Crippen LogP contribution in [-0.4, -0.2) is 30.3 Å². The first-order valence-corrected chi connectivity index (χ1v) is 11.3. The fourth-order valence-electron chi connectivity index (χ4n) is 4.54. The third kappa shape index (κ3) is 3.16. The van der Waals surface area contributed by atoms with Gasteiger partial charge < -0.3 is 15.3 Å². The minimum Gasteiger partial charge on any atom is -0.452 e. The van der Waals surface area contributed by atoms with Crippen LogP contribution in [0.4, 0.5) is 10.2 Å². The maximum absolute atomic E-state index is 14.2. The molecule has 0 amide bonds. The van der Waals surface area contributed by atoms with Crippen molar-refractivity contribution in [1.82, 2.24) is 19.1 Å². The Morgan fingerprint density at radius 2 is 1.94 bits per heavy atom. The van der Waals surface area contributed by atoms with Crippen molar-refractivity contribution in [2.75, 3.05) is 5.73 Å². The van der Waals surface area contributed by atoms with E-state index in [4.69, 9.17) is 10.2 Å². The van der Waals surface area contributed by atoms with Gasteiger partial charge >= 0.3 is 0 Å². The number of halogens is 1. The van der Waals surface area contributed by atoms with Crippen molar-refractivity contribution in [3.05, 3.63) is 48.8 Å². The summed E-state index contributed by atoms with van der Waals surface area (Å²) >= 11 is 1.30. The number of nitrogens with zero attached hydrogens (tertiary/aromatic N) is 4. The predicted octanol–water partition coefficient (Wildman–Crippen LogP) is 5.17. The van der Waals surface area contributed by atoms with Crippen LogP contribution in [0, 0.1) is 5.82 Å². The van der Waals surface area contributed by atoms with Crippen molar-refractivity contribution in [2.45, 2.75) is 37.8 Å². The van der Waals surface area contributed by atoms with Crippen LogP contribution in [0.25, 0.3) is 43.5 Å². The topological polar surface area (TPSA) is 103 Å². The summed E-state index contributed by atoms with van der Waals surface area (Å²) in [5.41, 5.74) is 8.98. The van der Waals surface area contributed by atoms with Gasteiger partial charge in [0.05, 0.1) is 23.0 Å². The van der Waals surface area contributed by atoms with Crippen LogP contribution in [0.2, 0.25) is 0 Å². The van der Waals surface area contributed by atoms with Gasteiger partial charge in [0.2, 0.25) is 0 Å². The Morgan fingerprint density at radius 3 is 2.78 bits per heavy atom. The highest BCUT2D eigenvalue weighted by Crippen LogP contribution is 2.40. The number of nitrogen functional groups attached to an aromatic ring is 1. The van der Waals surface area contributed by atoms with Crippen LogP contribution in [-0.2, 0) is 0 Å². The fourth-order valence-corrected chi connectivity index (χ4v) is 5.28. The van der Waals surface area contributed by atoms with E-state index in [2.05, 4.69) is 14.5 Å². The average Bonchev–Trinajstić information content (AvgIpc) is 3.53. The standard InChI is InChI=1S/C23H20FN5O2S/c24-14-5-12-9-28-32-22(12)18(6-14)20-7-17-19(10-26-23(25)21(17)31-20)13-8-27-29(11-13)15-1-3-16(30)4-2-15/h5-11,15-16,30H,1-4H2,(H2,25,26)/t15-,16-. The van der Waals surface area contributed by atoms with Crippen molar-refractivity contribution < 1.29 is 13.9 Å². The lowest BCUT2D eigenvalue weighted by Gasteiger charge is -2.25. The molecule has 9 heteroatoms. The number of hydrogen-bond donors (Lipinski definition) is 2. The van der Waals surface area contributed by atoms with Crippen molar-refractivity contribution in [3.8, 4) is 22.5 Å². The molecule has 0 radical (unpaired) electrons. The molecule has 0 aliphatic heterocycles. The van der Waals surface area contributed by atoms with Gasteiger partial charge in [0.25, 0.3) is 0 Å². The molecule has 4 aromatic heterocycles. The second-order valence-corrected chi connectivity index (χ2v) is 9.08. The molecule has 5 aromatic rings. The Labute approximate surface area is 186 Å². The molecular formula is C23H20FN5O2S. The monoisotopic (exact) mass is 449 g/mol. The average molecular weight is 450 g/mol. The van der Waals surface area contributed by atoms with Gasteiger partial charge in [-0.1, -0.05) is 0 Å². The second kappa shape index (κ2) is 7.39. The van der Waals surface area contributed by atoms with Crippen molar-refractivity contribution >= 4 is 38.4 Å². The van der Waals surface area contributed by atoms with E-state index in [-0.39, 0.29) is 23.8 Å². The maximum atomic E-state index is 14.2. The number of aliphatic hydroxyl groups is 1. The van der Waals surface area contributed by atoms with Gasteiger partial charge in [0.15, 0.2) is 11.4 Å². The van der Waals surface area contributed by atoms with Gasteiger partial charge in [-0.15, -0.1) is 0 Å². The van der Waals surface area contributed by atoms with Gasteiger partial charge in [-0.25, -0.2) is 9.37 Å². The van der Waals surface area contributed by atoms with Crippen LogP contribution < -0.4 is 5.73 Å². The molecule has 32 heavy (non-hydrogen) atoms. The summed E-state index contributed by atoms with van der Waals surface area (Å²) < 4.78 is 27.3. The predicted molar refractivity (Wildman–Crippen MR) is 122 cm³/mol. The highest BCUT2D eigenvalue weighted by atomic mass is 32.1. The molecule has 1 aliphatic rings. The minimum atomic E-state index is -0.349. The molecule has 4 heterocycles. The highest BCUT2D eigenvalue weighted by Gasteiger charge is 2.23. The number of aliphatic hydroxyl groups excluding tert-OH is 1. The number of anilines is 1. The van der Waals surface area contributed by atoms with Gasteiger partial charge in [0.1, 0.15) is 11.6 Å². The summed E-state index contributed by atoms with van der Waals surface area (Å²) in [6.07, 6.45) is 10.4. The van der Waals surface area contributed by atoms with Crippen molar-refractivity contribution in [2.24, 2.45) is 0 Å². The molecule has 1 aromatic carbocycles. The largest absolute Gasteiger partial charge is 0.452 e. The summed E-state index contributed by atoms with van der Waals surface area (Å²) in [5.74, 6) is 0.447. The Hall–Kier alpha value is -3.30. The maximum Gasteiger partial charge on any atom is 0.177 e. The molecule has 0 saturated heterocycles. The van der Waals surface area contributed by atoms with Crippen LogP contribution in [0.15, 0.2) is 47.4 Å². The second-order valence-electron chi connectivity index (χ2n) is 8.28. The Balaban J connectivity index is 1.45. The first-order valence-electron chi connectivity index (χ1n) is 10.5. The van der Waals surface area contributed by atoms with E-state index >= 15 is 0 Å². The summed E-state index contributed by atoms with van der Waals surface area (Å²) in [4.78, 5) is 4.32. The molecule has 1 saturated carbocycles. The number of furan rings is 1. The molecule has 0 unspecified atom stereocenters. The zero-order valence-electron chi connectivity index (χ0n) is 17.0. The molecular weight excluding hydrogens is 429 g/mol. The summed E-state index contributed by atoms with van der Waals surface area (Å²) in [7, 11) is 0. The van der Waals surface area contributed by atoms with Gasteiger partial charge in [-0.3, -0.25) is 4.68 Å². The van der Waals surface area contributed by atoms with Crippen LogP contribution >= 0.6 is 11.5 Å². The third-order valence-corrected chi connectivity index (χ3v) is 7.07. The van der Waals surface area contributed by atoms with E-state index in [0.717, 1.165) is 52.3 Å². The smallest absolute Gasteiger partial charge is 0.177 e. The number of hydrogen-bond acceptors (Lipinski definition) is 7. The van der Waals surface area contributed by atoms with Gasteiger partial charge in [-0.2, -0.15) is 9.47 Å². The van der Waals surface area contributed by atoms with E-state index < -0.39 is 0 Å². The normalized spacial score (nSPS) is 19.2. The number of rotatable bonds is 3. The van der Waals surface area contributed by atoms with Gasteiger partial charge in [0, 0.05) is 46.1 Å². The quantitative estimate of drug-likeness (QED) is 0.394. The van der Waals surface area contributed by atoms with E-state index in [1.165, 1.54) is 23.7 Å². The van der Waals surface area contributed by atoms with Crippen molar-refractivity contribution in [1.29, 1.82) is 0 Å². The first-order chi connectivity index (χ1) is 15.6. The van der Waals surface area contributed by atoms with E-state index in [0.29, 0.717) is 16.9 Å². The van der Waals surface area contributed by atoms with E-state index in [1.807, 2.05) is 23.1 Å². The third-order valence-electron chi connectivity index (χ3n) is 6.22. The number of fused-ring (bicyclic) bond motifs is 2.